The topological polar surface area (TPSA) is 53.1 Å². The van der Waals surface area contributed by atoms with Gasteiger partial charge in [0, 0.05) is 12.1 Å². The molecule has 1 heterocycles. The van der Waals surface area contributed by atoms with Crippen LogP contribution < -0.4 is 10.5 Å². The predicted octanol–water partition coefficient (Wildman–Crippen LogP) is 1.65. The van der Waals surface area contributed by atoms with Gasteiger partial charge >= 0.3 is 0 Å². The molecule has 0 saturated carbocycles. The predicted molar refractivity (Wildman–Crippen MR) is 62.7 cm³/mol. The molecule has 1 aromatic carbocycles. The number of aryl methyl sites for hydroxylation is 1. The number of benzene rings is 1. The molecule has 84 valence electrons. The molecule has 4 heteroatoms. The van der Waals surface area contributed by atoms with Crippen molar-refractivity contribution >= 4 is 0 Å². The van der Waals surface area contributed by atoms with Gasteiger partial charge in [-0.1, -0.05) is 17.7 Å². The third kappa shape index (κ3) is 1.79. The minimum atomic E-state index is 0.426. The summed E-state index contributed by atoms with van der Waals surface area (Å²) >= 11 is 0. The van der Waals surface area contributed by atoms with Crippen molar-refractivity contribution in [3.05, 3.63) is 41.6 Å². The second-order valence-electron chi connectivity index (χ2n) is 3.63. The van der Waals surface area contributed by atoms with E-state index in [-0.39, 0.29) is 0 Å². The summed E-state index contributed by atoms with van der Waals surface area (Å²) in [6.07, 6.45) is 1.73. The summed E-state index contributed by atoms with van der Waals surface area (Å²) in [5.41, 5.74) is 8.70. The number of nitrogens with zero attached hydrogens (tertiary/aromatic N) is 2. The molecule has 2 N–H and O–H groups in total. The van der Waals surface area contributed by atoms with Crippen molar-refractivity contribution in [1.82, 2.24) is 9.78 Å². The Labute approximate surface area is 94.6 Å². The standard InChI is InChI=1S/C12H15N3O/c1-9-3-5-11(6-4-9)15-12(16-2)10(7-13)8-14-15/h3-6,8H,7,13H2,1-2H3. The van der Waals surface area contributed by atoms with E-state index < -0.39 is 0 Å². The highest BCUT2D eigenvalue weighted by Gasteiger charge is 2.10. The zero-order chi connectivity index (χ0) is 11.5. The van der Waals surface area contributed by atoms with Crippen molar-refractivity contribution in [1.29, 1.82) is 0 Å². The Kier molecular flexibility index (Phi) is 2.92. The van der Waals surface area contributed by atoms with Crippen molar-refractivity contribution in [2.75, 3.05) is 7.11 Å². The van der Waals surface area contributed by atoms with E-state index in [9.17, 15) is 0 Å². The first-order valence-corrected chi connectivity index (χ1v) is 5.14. The molecular weight excluding hydrogens is 202 g/mol. The summed E-state index contributed by atoms with van der Waals surface area (Å²) < 4.78 is 7.06. The summed E-state index contributed by atoms with van der Waals surface area (Å²) in [6, 6.07) is 8.09. The Hall–Kier alpha value is -1.81. The molecule has 4 nitrogen and oxygen atoms in total. The van der Waals surface area contributed by atoms with Gasteiger partial charge in [-0.25, -0.2) is 4.68 Å². The molecular formula is C12H15N3O. The smallest absolute Gasteiger partial charge is 0.220 e. The molecule has 16 heavy (non-hydrogen) atoms. The molecule has 2 rings (SSSR count). The molecule has 0 radical (unpaired) electrons. The van der Waals surface area contributed by atoms with Crippen molar-refractivity contribution in [2.24, 2.45) is 5.73 Å². The number of hydrogen-bond acceptors (Lipinski definition) is 3. The second kappa shape index (κ2) is 4.37. The van der Waals surface area contributed by atoms with Crippen LogP contribution in [0.4, 0.5) is 0 Å². The molecule has 0 aliphatic carbocycles. The largest absolute Gasteiger partial charge is 0.481 e. The third-order valence-corrected chi connectivity index (χ3v) is 2.49. The maximum absolute atomic E-state index is 5.61. The molecule has 0 spiro atoms. The van der Waals surface area contributed by atoms with E-state index in [0.717, 1.165) is 11.3 Å². The van der Waals surface area contributed by atoms with Gasteiger partial charge in [-0.15, -0.1) is 0 Å². The van der Waals surface area contributed by atoms with Crippen LogP contribution in [-0.2, 0) is 6.54 Å². The van der Waals surface area contributed by atoms with Gasteiger partial charge < -0.3 is 10.5 Å². The van der Waals surface area contributed by atoms with Gasteiger partial charge in [0.25, 0.3) is 0 Å². The number of methoxy groups -OCH3 is 1. The zero-order valence-corrected chi connectivity index (χ0v) is 9.47. The lowest BCUT2D eigenvalue weighted by Crippen LogP contribution is -2.02. The average Bonchev–Trinajstić information content (AvgIpc) is 2.72. The van der Waals surface area contributed by atoms with E-state index >= 15 is 0 Å². The zero-order valence-electron chi connectivity index (χ0n) is 9.47. The van der Waals surface area contributed by atoms with E-state index in [4.69, 9.17) is 10.5 Å². The minimum absolute atomic E-state index is 0.426. The summed E-state index contributed by atoms with van der Waals surface area (Å²) in [6.45, 7) is 2.48. The van der Waals surface area contributed by atoms with Gasteiger partial charge in [-0.3, -0.25) is 0 Å². The van der Waals surface area contributed by atoms with E-state index in [2.05, 4.69) is 12.0 Å². The summed E-state index contributed by atoms with van der Waals surface area (Å²) in [5, 5.41) is 4.27. The molecule has 0 atom stereocenters. The quantitative estimate of drug-likeness (QED) is 0.850. The van der Waals surface area contributed by atoms with Crippen LogP contribution in [0.5, 0.6) is 5.88 Å². The molecule has 0 bridgehead atoms. The molecule has 0 saturated heterocycles. The average molecular weight is 217 g/mol. The van der Waals surface area contributed by atoms with Gasteiger partial charge in [0.2, 0.25) is 5.88 Å². The lowest BCUT2D eigenvalue weighted by molar-refractivity contribution is 0.379. The molecule has 0 unspecified atom stereocenters. The monoisotopic (exact) mass is 217 g/mol. The fourth-order valence-corrected chi connectivity index (χ4v) is 1.60. The molecule has 0 fully saturated rings. The molecule has 0 aliphatic rings. The van der Waals surface area contributed by atoms with Gasteiger partial charge in [0.05, 0.1) is 19.0 Å². The number of rotatable bonds is 3. The molecule has 2 aromatic rings. The van der Waals surface area contributed by atoms with Crippen molar-refractivity contribution in [2.45, 2.75) is 13.5 Å². The third-order valence-electron chi connectivity index (χ3n) is 2.49. The van der Waals surface area contributed by atoms with Crippen molar-refractivity contribution in [3.63, 3.8) is 0 Å². The lowest BCUT2D eigenvalue weighted by Gasteiger charge is -2.07. The lowest BCUT2D eigenvalue weighted by atomic mass is 10.2. The Morgan fingerprint density at radius 1 is 1.31 bits per heavy atom. The van der Waals surface area contributed by atoms with Gasteiger partial charge in [0.15, 0.2) is 0 Å². The van der Waals surface area contributed by atoms with Crippen LogP contribution in [0.2, 0.25) is 0 Å². The highest BCUT2D eigenvalue weighted by Crippen LogP contribution is 2.21. The normalized spacial score (nSPS) is 10.4. The highest BCUT2D eigenvalue weighted by atomic mass is 16.5. The van der Waals surface area contributed by atoms with Crippen LogP contribution in [0.1, 0.15) is 11.1 Å². The highest BCUT2D eigenvalue weighted by molar-refractivity contribution is 5.39. The SMILES string of the molecule is COc1c(CN)cnn1-c1ccc(C)cc1. The van der Waals surface area contributed by atoms with E-state index in [0.29, 0.717) is 12.4 Å². The van der Waals surface area contributed by atoms with Crippen LogP contribution in [-0.4, -0.2) is 16.9 Å². The first kappa shape index (κ1) is 10.7. The summed E-state index contributed by atoms with van der Waals surface area (Å²) in [5.74, 6) is 0.700. The first-order chi connectivity index (χ1) is 7.76. The number of aromatic nitrogens is 2. The maximum Gasteiger partial charge on any atom is 0.220 e. The van der Waals surface area contributed by atoms with Crippen LogP contribution >= 0.6 is 0 Å². The van der Waals surface area contributed by atoms with E-state index in [1.54, 1.807) is 18.0 Å². The van der Waals surface area contributed by atoms with E-state index in [1.165, 1.54) is 5.56 Å². The van der Waals surface area contributed by atoms with Crippen LogP contribution in [0, 0.1) is 6.92 Å². The Morgan fingerprint density at radius 2 is 2.00 bits per heavy atom. The molecule has 0 aliphatic heterocycles. The molecule has 1 aromatic heterocycles. The van der Waals surface area contributed by atoms with E-state index in [1.807, 2.05) is 24.3 Å². The maximum atomic E-state index is 5.61. The summed E-state index contributed by atoms with van der Waals surface area (Å²) in [4.78, 5) is 0. The van der Waals surface area contributed by atoms with Gasteiger partial charge in [-0.05, 0) is 19.1 Å². The first-order valence-electron chi connectivity index (χ1n) is 5.14. The number of nitrogens with two attached hydrogens (primary N) is 1. The fourth-order valence-electron chi connectivity index (χ4n) is 1.60. The Balaban J connectivity index is 2.47. The van der Waals surface area contributed by atoms with Crippen LogP contribution in [0.25, 0.3) is 5.69 Å². The summed E-state index contributed by atoms with van der Waals surface area (Å²) in [7, 11) is 1.63. The number of hydrogen-bond donors (Lipinski definition) is 1. The van der Waals surface area contributed by atoms with Gasteiger partial charge in [0.1, 0.15) is 0 Å². The van der Waals surface area contributed by atoms with Crippen LogP contribution in [0.3, 0.4) is 0 Å². The van der Waals surface area contributed by atoms with Gasteiger partial charge in [-0.2, -0.15) is 5.10 Å². The molecule has 0 amide bonds. The van der Waals surface area contributed by atoms with Crippen molar-refractivity contribution in [3.8, 4) is 11.6 Å². The van der Waals surface area contributed by atoms with Crippen molar-refractivity contribution < 1.29 is 4.74 Å². The minimum Gasteiger partial charge on any atom is -0.481 e. The number of ether oxygens (including phenoxy) is 1. The Morgan fingerprint density at radius 3 is 2.56 bits per heavy atom. The van der Waals surface area contributed by atoms with Crippen LogP contribution in [0.15, 0.2) is 30.5 Å². The fraction of sp³-hybridized carbons (Fsp3) is 0.250. The Bertz CT molecular complexity index is 474. The second-order valence-corrected chi connectivity index (χ2v) is 3.63.